The van der Waals surface area contributed by atoms with Crippen LogP contribution in [-0.2, 0) is 6.54 Å². The SMILES string of the molecule is CC1CCC(C)N1C(=O)c1cc(F)ccc1Oc1cncnc1N1CCC2(CCN(Cc3ccc4[nH]c(=O)[nH]c4c3)C2)C1. The molecule has 1 spiro atoms. The Morgan fingerprint density at radius 3 is 2.65 bits per heavy atom. The highest BCUT2D eigenvalue weighted by molar-refractivity contribution is 5.97. The van der Waals surface area contributed by atoms with E-state index in [1.807, 2.05) is 30.9 Å². The molecule has 0 saturated carbocycles. The van der Waals surface area contributed by atoms with Crippen molar-refractivity contribution in [2.75, 3.05) is 31.1 Å². The van der Waals surface area contributed by atoms with Crippen molar-refractivity contribution in [1.29, 1.82) is 0 Å². The summed E-state index contributed by atoms with van der Waals surface area (Å²) in [5, 5.41) is 0. The van der Waals surface area contributed by atoms with E-state index in [2.05, 4.69) is 35.8 Å². The Morgan fingerprint density at radius 2 is 1.81 bits per heavy atom. The zero-order chi connectivity index (χ0) is 29.7. The Kier molecular flexibility index (Phi) is 6.92. The number of carbonyl (C=O) groups excluding carboxylic acids is 1. The first-order chi connectivity index (χ1) is 20.8. The van der Waals surface area contributed by atoms with Crippen LogP contribution in [0.4, 0.5) is 10.2 Å². The van der Waals surface area contributed by atoms with Gasteiger partial charge in [-0.1, -0.05) is 6.07 Å². The molecule has 11 heteroatoms. The topological polar surface area (TPSA) is 110 Å². The number of hydrogen-bond donors (Lipinski definition) is 2. The number of aromatic amines is 2. The van der Waals surface area contributed by atoms with Crippen molar-refractivity contribution in [3.8, 4) is 11.5 Å². The van der Waals surface area contributed by atoms with Gasteiger partial charge in [0.05, 0.1) is 22.8 Å². The summed E-state index contributed by atoms with van der Waals surface area (Å²) in [5.74, 6) is 0.728. The molecule has 3 fully saturated rings. The summed E-state index contributed by atoms with van der Waals surface area (Å²) >= 11 is 0. The van der Waals surface area contributed by atoms with Crippen molar-refractivity contribution >= 4 is 22.8 Å². The van der Waals surface area contributed by atoms with E-state index in [-0.39, 0.29) is 34.7 Å². The van der Waals surface area contributed by atoms with Crippen LogP contribution in [0.1, 0.15) is 55.5 Å². The lowest BCUT2D eigenvalue weighted by molar-refractivity contribution is 0.0689. The number of nitrogens with one attached hydrogen (secondary N) is 2. The minimum atomic E-state index is -0.478. The fourth-order valence-corrected chi connectivity index (χ4v) is 7.28. The van der Waals surface area contributed by atoms with Crippen molar-refractivity contribution in [2.45, 2.75) is 58.2 Å². The number of amides is 1. The summed E-state index contributed by atoms with van der Waals surface area (Å²) in [6, 6.07) is 10.3. The molecule has 3 aliphatic heterocycles. The van der Waals surface area contributed by atoms with Crippen LogP contribution in [0.15, 0.2) is 53.7 Å². The van der Waals surface area contributed by atoms with Crippen LogP contribution in [-0.4, -0.2) is 73.9 Å². The third kappa shape index (κ3) is 5.26. The van der Waals surface area contributed by atoms with Crippen LogP contribution < -0.4 is 15.3 Å². The molecule has 2 aromatic heterocycles. The van der Waals surface area contributed by atoms with Gasteiger partial charge in [0.25, 0.3) is 5.91 Å². The number of imidazole rings is 1. The van der Waals surface area contributed by atoms with E-state index in [9.17, 15) is 14.0 Å². The van der Waals surface area contributed by atoms with Gasteiger partial charge in [0.2, 0.25) is 0 Å². The maximum Gasteiger partial charge on any atom is 0.323 e. The minimum Gasteiger partial charge on any atom is -0.451 e. The van der Waals surface area contributed by atoms with Crippen LogP contribution >= 0.6 is 0 Å². The summed E-state index contributed by atoms with van der Waals surface area (Å²) in [6.45, 7) is 8.50. The maximum absolute atomic E-state index is 14.4. The van der Waals surface area contributed by atoms with E-state index in [1.165, 1.54) is 30.1 Å². The van der Waals surface area contributed by atoms with E-state index in [0.29, 0.717) is 17.3 Å². The summed E-state index contributed by atoms with van der Waals surface area (Å²) in [6.07, 6.45) is 7.09. The summed E-state index contributed by atoms with van der Waals surface area (Å²) in [4.78, 5) is 46.2. The van der Waals surface area contributed by atoms with Crippen LogP contribution in [0, 0.1) is 11.2 Å². The molecule has 2 N–H and O–H groups in total. The number of aromatic nitrogens is 4. The molecule has 0 bridgehead atoms. The first-order valence-electron chi connectivity index (χ1n) is 15.1. The monoisotopic (exact) mass is 585 g/mol. The molecule has 3 atom stereocenters. The number of benzene rings is 2. The van der Waals surface area contributed by atoms with Crippen molar-refractivity contribution in [1.82, 2.24) is 29.7 Å². The van der Waals surface area contributed by atoms with Crippen molar-refractivity contribution in [2.24, 2.45) is 5.41 Å². The van der Waals surface area contributed by atoms with Gasteiger partial charge in [-0.05, 0) is 82.0 Å². The number of nitrogens with zero attached hydrogens (tertiary/aromatic N) is 5. The molecule has 7 rings (SSSR count). The Morgan fingerprint density at radius 1 is 1.02 bits per heavy atom. The Balaban J connectivity index is 1.07. The fourth-order valence-electron chi connectivity index (χ4n) is 7.28. The van der Waals surface area contributed by atoms with E-state index in [1.54, 1.807) is 6.20 Å². The second kappa shape index (κ2) is 10.8. The van der Waals surface area contributed by atoms with Crippen LogP contribution in [0.25, 0.3) is 11.0 Å². The van der Waals surface area contributed by atoms with Gasteiger partial charge in [-0.15, -0.1) is 0 Å². The molecule has 43 heavy (non-hydrogen) atoms. The smallest absolute Gasteiger partial charge is 0.323 e. The highest BCUT2D eigenvalue weighted by Gasteiger charge is 2.44. The molecule has 5 heterocycles. The minimum absolute atomic E-state index is 0.0848. The predicted molar refractivity (Wildman–Crippen MR) is 161 cm³/mol. The van der Waals surface area contributed by atoms with Gasteiger partial charge in [-0.3, -0.25) is 9.69 Å². The molecule has 3 unspecified atom stereocenters. The normalized spacial score (nSPS) is 24.1. The van der Waals surface area contributed by atoms with Gasteiger partial charge in [-0.25, -0.2) is 19.2 Å². The molecule has 2 aromatic carbocycles. The molecule has 224 valence electrons. The third-order valence-electron chi connectivity index (χ3n) is 9.48. The molecule has 10 nitrogen and oxygen atoms in total. The van der Waals surface area contributed by atoms with Crippen molar-refractivity contribution in [3.05, 3.63) is 76.4 Å². The lowest BCUT2D eigenvalue weighted by atomic mass is 9.86. The van der Waals surface area contributed by atoms with E-state index in [4.69, 9.17) is 4.74 Å². The summed E-state index contributed by atoms with van der Waals surface area (Å²) in [7, 11) is 0. The number of likely N-dealkylation sites (tertiary alicyclic amines) is 2. The van der Waals surface area contributed by atoms with Crippen LogP contribution in [0.3, 0.4) is 0 Å². The molecular formula is C32H36FN7O3. The number of ether oxygens (including phenoxy) is 1. The third-order valence-corrected chi connectivity index (χ3v) is 9.48. The van der Waals surface area contributed by atoms with Crippen LogP contribution in [0.2, 0.25) is 0 Å². The number of halogens is 1. The largest absolute Gasteiger partial charge is 0.451 e. The predicted octanol–water partition coefficient (Wildman–Crippen LogP) is 4.69. The molecule has 3 aliphatic rings. The Labute approximate surface area is 248 Å². The number of anilines is 1. The van der Waals surface area contributed by atoms with Crippen molar-refractivity contribution in [3.63, 3.8) is 0 Å². The second-order valence-corrected chi connectivity index (χ2v) is 12.5. The second-order valence-electron chi connectivity index (χ2n) is 12.5. The van der Waals surface area contributed by atoms with Gasteiger partial charge in [0.15, 0.2) is 11.6 Å². The molecule has 3 saturated heterocycles. The summed E-state index contributed by atoms with van der Waals surface area (Å²) in [5.41, 5.74) is 2.97. The average Bonchev–Trinajstić information content (AvgIpc) is 3.76. The number of H-pyrrole nitrogens is 2. The lowest BCUT2D eigenvalue weighted by Crippen LogP contribution is -2.38. The zero-order valence-electron chi connectivity index (χ0n) is 24.5. The lowest BCUT2D eigenvalue weighted by Gasteiger charge is -2.28. The first kappa shape index (κ1) is 27.6. The van der Waals surface area contributed by atoms with E-state index in [0.717, 1.165) is 69.4 Å². The fraction of sp³-hybridized carbons (Fsp3) is 0.438. The number of carbonyl (C=O) groups is 1. The molecular weight excluding hydrogens is 549 g/mol. The first-order valence-corrected chi connectivity index (χ1v) is 15.1. The zero-order valence-corrected chi connectivity index (χ0v) is 24.5. The number of hydrogen-bond acceptors (Lipinski definition) is 7. The molecule has 0 aliphatic carbocycles. The Hall–Kier alpha value is -4.25. The van der Waals surface area contributed by atoms with Gasteiger partial charge in [0, 0.05) is 43.7 Å². The maximum atomic E-state index is 14.4. The van der Waals surface area contributed by atoms with Gasteiger partial charge >= 0.3 is 5.69 Å². The van der Waals surface area contributed by atoms with Gasteiger partial charge < -0.3 is 24.5 Å². The van der Waals surface area contributed by atoms with Gasteiger partial charge in [0.1, 0.15) is 17.9 Å². The highest BCUT2D eigenvalue weighted by atomic mass is 19.1. The molecule has 1 amide bonds. The molecule has 4 aromatic rings. The average molecular weight is 586 g/mol. The standard InChI is InChI=1S/C32H36FN7O3/c1-20-3-4-21(2)40(20)30(41)24-14-23(33)6-8-27(24)43-28-15-34-19-35-29(28)39-12-10-32(18-39)9-11-38(17-32)16-22-5-7-25-26(13-22)37-31(42)36-25/h5-8,13-15,19-21H,3-4,9-12,16-18H2,1-2H3,(H2,36,37,42). The van der Waals surface area contributed by atoms with Crippen LogP contribution in [0.5, 0.6) is 11.5 Å². The number of fused-ring (bicyclic) bond motifs is 1. The molecule has 0 radical (unpaired) electrons. The van der Waals surface area contributed by atoms with E-state index < -0.39 is 5.82 Å². The van der Waals surface area contributed by atoms with E-state index >= 15 is 0 Å². The quantitative estimate of drug-likeness (QED) is 0.338. The highest BCUT2D eigenvalue weighted by Crippen LogP contribution is 2.43. The Bertz CT molecular complexity index is 1730. The summed E-state index contributed by atoms with van der Waals surface area (Å²) < 4.78 is 20.7. The van der Waals surface area contributed by atoms with Crippen molar-refractivity contribution < 1.29 is 13.9 Å². The number of rotatable bonds is 6. The van der Waals surface area contributed by atoms with Gasteiger partial charge in [-0.2, -0.15) is 0 Å².